The molecule has 0 amide bonds. The molecule has 2 heterocycles. The zero-order chi connectivity index (χ0) is 10.5. The van der Waals surface area contributed by atoms with Gasteiger partial charge in [-0.15, -0.1) is 0 Å². The Hall–Kier alpha value is -0.120. The summed E-state index contributed by atoms with van der Waals surface area (Å²) in [6, 6.07) is 0.757. The van der Waals surface area contributed by atoms with Crippen molar-refractivity contribution < 1.29 is 4.74 Å². The molecule has 0 aromatic heterocycles. The van der Waals surface area contributed by atoms with Gasteiger partial charge in [-0.2, -0.15) is 0 Å². The van der Waals surface area contributed by atoms with Crippen molar-refractivity contribution in [3.8, 4) is 0 Å². The maximum atomic E-state index is 5.61. The molecule has 0 aliphatic carbocycles. The average molecular weight is 212 g/mol. The molecule has 2 atom stereocenters. The van der Waals surface area contributed by atoms with Gasteiger partial charge in [0.05, 0.1) is 6.61 Å². The number of nitrogens with one attached hydrogen (secondary N) is 1. The van der Waals surface area contributed by atoms with Gasteiger partial charge in [-0.05, 0) is 25.2 Å². The smallest absolute Gasteiger partial charge is 0.0509 e. The van der Waals surface area contributed by atoms with E-state index in [2.05, 4.69) is 17.1 Å². The lowest BCUT2D eigenvalue weighted by atomic mass is 9.90. The fourth-order valence-electron chi connectivity index (χ4n) is 2.97. The van der Waals surface area contributed by atoms with E-state index in [0.29, 0.717) is 0 Å². The molecule has 0 saturated carbocycles. The van der Waals surface area contributed by atoms with Crippen molar-refractivity contribution in [2.45, 2.75) is 32.2 Å². The van der Waals surface area contributed by atoms with Crippen molar-refractivity contribution in [3.63, 3.8) is 0 Å². The van der Waals surface area contributed by atoms with Crippen molar-refractivity contribution >= 4 is 0 Å². The molecule has 0 aromatic rings. The van der Waals surface area contributed by atoms with Gasteiger partial charge in [-0.1, -0.05) is 6.92 Å². The van der Waals surface area contributed by atoms with Crippen molar-refractivity contribution in [1.82, 2.24) is 10.2 Å². The second kappa shape index (κ2) is 5.83. The van der Waals surface area contributed by atoms with Crippen molar-refractivity contribution in [2.75, 3.05) is 39.4 Å². The van der Waals surface area contributed by atoms with E-state index in [1.807, 2.05) is 0 Å². The van der Waals surface area contributed by atoms with Crippen molar-refractivity contribution in [2.24, 2.45) is 5.92 Å². The quantitative estimate of drug-likeness (QED) is 0.758. The van der Waals surface area contributed by atoms with E-state index in [9.17, 15) is 0 Å². The van der Waals surface area contributed by atoms with Gasteiger partial charge in [0.1, 0.15) is 0 Å². The van der Waals surface area contributed by atoms with Gasteiger partial charge in [-0.3, -0.25) is 4.90 Å². The predicted octanol–water partition coefficient (Wildman–Crippen LogP) is 1.10. The van der Waals surface area contributed by atoms with E-state index in [4.69, 9.17) is 4.74 Å². The van der Waals surface area contributed by atoms with E-state index in [1.165, 1.54) is 32.4 Å². The summed E-state index contributed by atoms with van der Waals surface area (Å²) in [7, 11) is 0. The molecule has 0 aromatic carbocycles. The minimum atomic E-state index is 0.757. The number of hydrogen-bond acceptors (Lipinski definition) is 3. The van der Waals surface area contributed by atoms with Crippen LogP contribution in [0, 0.1) is 5.92 Å². The zero-order valence-electron chi connectivity index (χ0n) is 9.87. The molecule has 15 heavy (non-hydrogen) atoms. The van der Waals surface area contributed by atoms with Crippen LogP contribution in [0.1, 0.15) is 26.2 Å². The molecular formula is C12H24N2O. The highest BCUT2D eigenvalue weighted by atomic mass is 16.5. The van der Waals surface area contributed by atoms with E-state index < -0.39 is 0 Å². The standard InChI is InChI=1S/C12H24N2O/c1-2-12(11-4-3-9-15-10-11)14-7-5-13-6-8-14/h11-13H,2-10H2,1H3. The summed E-state index contributed by atoms with van der Waals surface area (Å²) in [4.78, 5) is 2.66. The van der Waals surface area contributed by atoms with Gasteiger partial charge in [0.15, 0.2) is 0 Å². The lowest BCUT2D eigenvalue weighted by molar-refractivity contribution is 0.00460. The van der Waals surface area contributed by atoms with Crippen LogP contribution in [0.5, 0.6) is 0 Å². The number of ether oxygens (including phenoxy) is 1. The topological polar surface area (TPSA) is 24.5 Å². The fraction of sp³-hybridized carbons (Fsp3) is 1.00. The first-order valence-corrected chi connectivity index (χ1v) is 6.44. The molecule has 2 aliphatic rings. The highest BCUT2D eigenvalue weighted by molar-refractivity contribution is 4.82. The predicted molar refractivity (Wildman–Crippen MR) is 62.1 cm³/mol. The van der Waals surface area contributed by atoms with Crippen LogP contribution in [0.4, 0.5) is 0 Å². The lowest BCUT2D eigenvalue weighted by Gasteiger charge is -2.40. The summed E-state index contributed by atoms with van der Waals surface area (Å²) in [6.45, 7) is 9.04. The summed E-state index contributed by atoms with van der Waals surface area (Å²) in [5.41, 5.74) is 0. The third-order valence-electron chi connectivity index (χ3n) is 3.78. The summed E-state index contributed by atoms with van der Waals surface area (Å²) in [5.74, 6) is 0.779. The first-order valence-electron chi connectivity index (χ1n) is 6.44. The van der Waals surface area contributed by atoms with E-state index in [0.717, 1.165) is 38.3 Å². The lowest BCUT2D eigenvalue weighted by Crippen LogP contribution is -2.51. The Balaban J connectivity index is 1.88. The Labute approximate surface area is 93.2 Å². The van der Waals surface area contributed by atoms with Crippen LogP contribution in [0.15, 0.2) is 0 Å². The van der Waals surface area contributed by atoms with Crippen LogP contribution in [0.2, 0.25) is 0 Å². The molecular weight excluding hydrogens is 188 g/mol. The molecule has 3 heteroatoms. The van der Waals surface area contributed by atoms with Gasteiger partial charge >= 0.3 is 0 Å². The molecule has 1 N–H and O–H groups in total. The first kappa shape index (κ1) is 11.4. The van der Waals surface area contributed by atoms with Crippen LogP contribution >= 0.6 is 0 Å². The zero-order valence-corrected chi connectivity index (χ0v) is 9.87. The van der Waals surface area contributed by atoms with Crippen molar-refractivity contribution in [1.29, 1.82) is 0 Å². The summed E-state index contributed by atoms with van der Waals surface area (Å²) >= 11 is 0. The molecule has 2 saturated heterocycles. The van der Waals surface area contributed by atoms with Crippen molar-refractivity contribution in [3.05, 3.63) is 0 Å². The third-order valence-corrected chi connectivity index (χ3v) is 3.78. The molecule has 0 spiro atoms. The Kier molecular flexibility index (Phi) is 4.42. The monoisotopic (exact) mass is 212 g/mol. The molecule has 2 aliphatic heterocycles. The number of nitrogens with zero attached hydrogens (tertiary/aromatic N) is 1. The SMILES string of the molecule is CCC(C1CCCOC1)N1CCNCC1. The number of piperazine rings is 1. The Morgan fingerprint density at radius 2 is 2.20 bits per heavy atom. The van der Waals surface area contributed by atoms with Crippen LogP contribution < -0.4 is 5.32 Å². The molecule has 0 radical (unpaired) electrons. The molecule has 0 bridgehead atoms. The van der Waals surface area contributed by atoms with Crippen LogP contribution in [-0.2, 0) is 4.74 Å². The third kappa shape index (κ3) is 2.92. The second-order valence-corrected chi connectivity index (χ2v) is 4.74. The fourth-order valence-corrected chi connectivity index (χ4v) is 2.97. The highest BCUT2D eigenvalue weighted by Crippen LogP contribution is 2.23. The van der Waals surface area contributed by atoms with Gasteiger partial charge < -0.3 is 10.1 Å². The van der Waals surface area contributed by atoms with Crippen LogP contribution in [-0.4, -0.2) is 50.3 Å². The number of hydrogen-bond donors (Lipinski definition) is 1. The normalized spacial score (nSPS) is 31.4. The molecule has 2 unspecified atom stereocenters. The minimum absolute atomic E-state index is 0.757. The summed E-state index contributed by atoms with van der Waals surface area (Å²) in [6.07, 6.45) is 3.89. The van der Waals surface area contributed by atoms with Gasteiger partial charge in [0, 0.05) is 38.8 Å². The second-order valence-electron chi connectivity index (χ2n) is 4.74. The van der Waals surface area contributed by atoms with Gasteiger partial charge in [0.2, 0.25) is 0 Å². The Bertz CT molecular complexity index is 156. The molecule has 2 fully saturated rings. The Morgan fingerprint density at radius 1 is 1.40 bits per heavy atom. The maximum Gasteiger partial charge on any atom is 0.0509 e. The largest absolute Gasteiger partial charge is 0.381 e. The molecule has 2 rings (SSSR count). The van der Waals surface area contributed by atoms with E-state index in [1.54, 1.807) is 0 Å². The highest BCUT2D eigenvalue weighted by Gasteiger charge is 2.28. The van der Waals surface area contributed by atoms with Gasteiger partial charge in [-0.25, -0.2) is 0 Å². The van der Waals surface area contributed by atoms with Gasteiger partial charge in [0.25, 0.3) is 0 Å². The van der Waals surface area contributed by atoms with E-state index >= 15 is 0 Å². The van der Waals surface area contributed by atoms with Crippen LogP contribution in [0.3, 0.4) is 0 Å². The Morgan fingerprint density at radius 3 is 2.80 bits per heavy atom. The molecule has 3 nitrogen and oxygen atoms in total. The van der Waals surface area contributed by atoms with E-state index in [-0.39, 0.29) is 0 Å². The van der Waals surface area contributed by atoms with Crippen LogP contribution in [0.25, 0.3) is 0 Å². The number of rotatable bonds is 3. The summed E-state index contributed by atoms with van der Waals surface area (Å²) in [5, 5.41) is 3.42. The minimum Gasteiger partial charge on any atom is -0.381 e. The summed E-state index contributed by atoms with van der Waals surface area (Å²) < 4.78 is 5.61. The average Bonchev–Trinajstić information content (AvgIpc) is 2.33. The maximum absolute atomic E-state index is 5.61. The molecule has 88 valence electrons. The first-order chi connectivity index (χ1) is 7.42.